The second kappa shape index (κ2) is 4.62. The highest BCUT2D eigenvalue weighted by molar-refractivity contribution is 5.74. The standard InChI is InChI=1S/C14H19N3/c1-10(2)8-17-9-13(15)14(16-17)12-7-5-4-6-11(12)3/h4-7,9-10H,8,15H2,1-3H3. The van der Waals surface area contributed by atoms with Crippen LogP contribution in [0.1, 0.15) is 19.4 Å². The van der Waals surface area contributed by atoms with Gasteiger partial charge in [-0.2, -0.15) is 5.10 Å². The Kier molecular flexibility index (Phi) is 3.18. The first-order valence-corrected chi connectivity index (χ1v) is 5.97. The monoisotopic (exact) mass is 229 g/mol. The van der Waals surface area contributed by atoms with Crippen molar-refractivity contribution in [2.75, 3.05) is 5.73 Å². The van der Waals surface area contributed by atoms with Gasteiger partial charge >= 0.3 is 0 Å². The molecule has 0 radical (unpaired) electrons. The lowest BCUT2D eigenvalue weighted by atomic mass is 10.1. The van der Waals surface area contributed by atoms with Crippen molar-refractivity contribution in [3.05, 3.63) is 36.0 Å². The Hall–Kier alpha value is -1.77. The van der Waals surface area contributed by atoms with E-state index in [0.717, 1.165) is 23.5 Å². The molecule has 0 unspecified atom stereocenters. The van der Waals surface area contributed by atoms with Crippen LogP contribution in [0.3, 0.4) is 0 Å². The summed E-state index contributed by atoms with van der Waals surface area (Å²) in [5.74, 6) is 0.569. The molecular weight excluding hydrogens is 210 g/mol. The lowest BCUT2D eigenvalue weighted by Gasteiger charge is -2.04. The summed E-state index contributed by atoms with van der Waals surface area (Å²) in [7, 11) is 0. The first kappa shape index (κ1) is 11.7. The number of aryl methyl sites for hydroxylation is 1. The van der Waals surface area contributed by atoms with Crippen LogP contribution in [0.15, 0.2) is 30.5 Å². The van der Waals surface area contributed by atoms with E-state index in [9.17, 15) is 0 Å². The third-order valence-corrected chi connectivity index (χ3v) is 2.74. The van der Waals surface area contributed by atoms with Gasteiger partial charge in [-0.25, -0.2) is 0 Å². The normalized spacial score (nSPS) is 11.1. The van der Waals surface area contributed by atoms with Crippen LogP contribution in [0.5, 0.6) is 0 Å². The van der Waals surface area contributed by atoms with Crippen LogP contribution in [0, 0.1) is 12.8 Å². The predicted octanol–water partition coefficient (Wildman–Crippen LogP) is 3.10. The van der Waals surface area contributed by atoms with Crippen molar-refractivity contribution >= 4 is 5.69 Å². The number of nitrogens with two attached hydrogens (primary N) is 1. The fourth-order valence-electron chi connectivity index (χ4n) is 1.95. The smallest absolute Gasteiger partial charge is 0.115 e. The van der Waals surface area contributed by atoms with Crippen molar-refractivity contribution in [1.29, 1.82) is 0 Å². The van der Waals surface area contributed by atoms with Gasteiger partial charge in [-0.15, -0.1) is 0 Å². The van der Waals surface area contributed by atoms with Crippen LogP contribution in [-0.2, 0) is 6.54 Å². The summed E-state index contributed by atoms with van der Waals surface area (Å²) in [5.41, 5.74) is 10.00. The summed E-state index contributed by atoms with van der Waals surface area (Å²) in [5, 5.41) is 4.57. The average molecular weight is 229 g/mol. The van der Waals surface area contributed by atoms with Crippen LogP contribution >= 0.6 is 0 Å². The third kappa shape index (κ3) is 2.49. The summed E-state index contributed by atoms with van der Waals surface area (Å²) in [4.78, 5) is 0. The van der Waals surface area contributed by atoms with Gasteiger partial charge in [0.15, 0.2) is 0 Å². The molecule has 2 aromatic rings. The molecule has 17 heavy (non-hydrogen) atoms. The highest BCUT2D eigenvalue weighted by Gasteiger charge is 2.10. The summed E-state index contributed by atoms with van der Waals surface area (Å²) >= 11 is 0. The largest absolute Gasteiger partial charge is 0.396 e. The molecule has 0 aliphatic heterocycles. The molecule has 1 aromatic heterocycles. The van der Waals surface area contributed by atoms with Crippen LogP contribution < -0.4 is 5.73 Å². The van der Waals surface area contributed by atoms with Gasteiger partial charge in [0, 0.05) is 18.3 Å². The molecule has 2 rings (SSSR count). The van der Waals surface area contributed by atoms with E-state index in [2.05, 4.69) is 38.0 Å². The van der Waals surface area contributed by atoms with Gasteiger partial charge in [0.1, 0.15) is 5.69 Å². The molecule has 0 saturated carbocycles. The zero-order chi connectivity index (χ0) is 12.4. The number of aromatic nitrogens is 2. The Bertz CT molecular complexity index is 512. The van der Waals surface area contributed by atoms with Gasteiger partial charge < -0.3 is 5.73 Å². The van der Waals surface area contributed by atoms with Gasteiger partial charge in [-0.3, -0.25) is 4.68 Å². The second-order valence-electron chi connectivity index (χ2n) is 4.86. The van der Waals surface area contributed by atoms with Crippen molar-refractivity contribution in [3.63, 3.8) is 0 Å². The van der Waals surface area contributed by atoms with E-state index in [1.54, 1.807) is 0 Å². The summed E-state index contributed by atoms with van der Waals surface area (Å²) in [6.45, 7) is 7.32. The van der Waals surface area contributed by atoms with E-state index in [-0.39, 0.29) is 0 Å². The number of rotatable bonds is 3. The van der Waals surface area contributed by atoms with Crippen LogP contribution in [0.25, 0.3) is 11.3 Å². The SMILES string of the molecule is Cc1ccccc1-c1nn(CC(C)C)cc1N. The van der Waals surface area contributed by atoms with E-state index in [0.29, 0.717) is 5.92 Å². The molecule has 0 aliphatic rings. The van der Waals surface area contributed by atoms with Crippen LogP contribution in [0.2, 0.25) is 0 Å². The minimum Gasteiger partial charge on any atom is -0.396 e. The Morgan fingerprint density at radius 2 is 2.00 bits per heavy atom. The summed E-state index contributed by atoms with van der Waals surface area (Å²) in [6, 6.07) is 8.19. The molecule has 3 heteroatoms. The maximum atomic E-state index is 6.03. The van der Waals surface area contributed by atoms with Crippen LogP contribution in [-0.4, -0.2) is 9.78 Å². The minimum atomic E-state index is 0.569. The maximum absolute atomic E-state index is 6.03. The van der Waals surface area contributed by atoms with Gasteiger partial charge in [-0.1, -0.05) is 38.1 Å². The molecule has 0 bridgehead atoms. The van der Waals surface area contributed by atoms with Gasteiger partial charge in [0.2, 0.25) is 0 Å². The number of hydrogen-bond donors (Lipinski definition) is 1. The maximum Gasteiger partial charge on any atom is 0.115 e. The molecule has 0 fully saturated rings. The second-order valence-corrected chi connectivity index (χ2v) is 4.86. The molecule has 0 saturated heterocycles. The fourth-order valence-corrected chi connectivity index (χ4v) is 1.95. The van der Waals surface area contributed by atoms with Crippen molar-refractivity contribution in [2.45, 2.75) is 27.3 Å². The Labute approximate surface area is 102 Å². The summed E-state index contributed by atoms with van der Waals surface area (Å²) in [6.07, 6.45) is 1.92. The summed E-state index contributed by atoms with van der Waals surface area (Å²) < 4.78 is 1.93. The van der Waals surface area contributed by atoms with E-state index < -0.39 is 0 Å². The third-order valence-electron chi connectivity index (χ3n) is 2.74. The highest BCUT2D eigenvalue weighted by atomic mass is 15.3. The molecule has 0 spiro atoms. The zero-order valence-electron chi connectivity index (χ0n) is 10.6. The number of benzene rings is 1. The molecule has 0 aliphatic carbocycles. The molecule has 90 valence electrons. The van der Waals surface area contributed by atoms with Crippen molar-refractivity contribution in [2.24, 2.45) is 5.92 Å². The number of nitrogen functional groups attached to an aromatic ring is 1. The lowest BCUT2D eigenvalue weighted by Crippen LogP contribution is -2.04. The molecular formula is C14H19N3. The average Bonchev–Trinajstić information content (AvgIpc) is 2.59. The Morgan fingerprint density at radius 3 is 2.65 bits per heavy atom. The minimum absolute atomic E-state index is 0.569. The van der Waals surface area contributed by atoms with Gasteiger partial charge in [-0.05, 0) is 18.4 Å². The quantitative estimate of drug-likeness (QED) is 0.879. The Morgan fingerprint density at radius 1 is 1.29 bits per heavy atom. The molecule has 1 aromatic carbocycles. The molecule has 1 heterocycles. The van der Waals surface area contributed by atoms with Gasteiger partial charge in [0.05, 0.1) is 5.69 Å². The fraction of sp³-hybridized carbons (Fsp3) is 0.357. The highest BCUT2D eigenvalue weighted by Crippen LogP contribution is 2.26. The predicted molar refractivity (Wildman–Crippen MR) is 71.7 cm³/mol. The molecule has 0 amide bonds. The number of hydrogen-bond acceptors (Lipinski definition) is 2. The Balaban J connectivity index is 2.40. The molecule has 3 nitrogen and oxygen atoms in total. The first-order chi connectivity index (χ1) is 8.08. The topological polar surface area (TPSA) is 43.8 Å². The first-order valence-electron chi connectivity index (χ1n) is 5.97. The number of anilines is 1. The zero-order valence-corrected chi connectivity index (χ0v) is 10.6. The van der Waals surface area contributed by atoms with E-state index in [1.807, 2.05) is 23.0 Å². The molecule has 2 N–H and O–H groups in total. The van der Waals surface area contributed by atoms with Crippen molar-refractivity contribution in [3.8, 4) is 11.3 Å². The van der Waals surface area contributed by atoms with Crippen LogP contribution in [0.4, 0.5) is 5.69 Å². The molecule has 0 atom stereocenters. The van der Waals surface area contributed by atoms with Crippen molar-refractivity contribution < 1.29 is 0 Å². The van der Waals surface area contributed by atoms with E-state index in [1.165, 1.54) is 5.56 Å². The van der Waals surface area contributed by atoms with Crippen molar-refractivity contribution in [1.82, 2.24) is 9.78 Å². The van der Waals surface area contributed by atoms with Gasteiger partial charge in [0.25, 0.3) is 0 Å². The van der Waals surface area contributed by atoms with E-state index in [4.69, 9.17) is 5.73 Å². The number of nitrogens with zero attached hydrogens (tertiary/aromatic N) is 2. The lowest BCUT2D eigenvalue weighted by molar-refractivity contribution is 0.484. The van der Waals surface area contributed by atoms with E-state index >= 15 is 0 Å².